The number of hydrogen-bond acceptors (Lipinski definition) is 0. The maximum Gasteiger partial charge on any atom is 0.0894 e. The van der Waals surface area contributed by atoms with Crippen LogP contribution in [0.1, 0.15) is 45.4 Å². The van der Waals surface area contributed by atoms with Gasteiger partial charge < -0.3 is 0 Å². The van der Waals surface area contributed by atoms with Gasteiger partial charge in [-0.3, -0.25) is 4.39 Å². The van der Waals surface area contributed by atoms with Crippen molar-refractivity contribution >= 4 is 0 Å². The van der Waals surface area contributed by atoms with E-state index in [1.54, 1.807) is 0 Å². The molecule has 0 unspecified atom stereocenters. The predicted molar refractivity (Wildman–Crippen MR) is 52.0 cm³/mol. The van der Waals surface area contributed by atoms with E-state index in [2.05, 4.69) is 18.7 Å². The zero-order chi connectivity index (χ0) is 9.07. The number of hydrogen-bond donors (Lipinski definition) is 0. The SMILES string of the molecule is CCC=C=CCCCCCCF. The fourth-order valence-corrected chi connectivity index (χ4v) is 0.979. The molecule has 0 N–H and O–H groups in total. The average Bonchev–Trinajstić information content (AvgIpc) is 2.10. The molecule has 0 saturated heterocycles. The van der Waals surface area contributed by atoms with Gasteiger partial charge in [-0.1, -0.05) is 19.8 Å². The smallest absolute Gasteiger partial charge is 0.0894 e. The van der Waals surface area contributed by atoms with Gasteiger partial charge in [0.15, 0.2) is 0 Å². The van der Waals surface area contributed by atoms with Crippen LogP contribution in [0.4, 0.5) is 4.39 Å². The van der Waals surface area contributed by atoms with Gasteiger partial charge in [0.25, 0.3) is 0 Å². The summed E-state index contributed by atoms with van der Waals surface area (Å²) >= 11 is 0. The molecule has 0 fully saturated rings. The van der Waals surface area contributed by atoms with Gasteiger partial charge in [-0.25, -0.2) is 0 Å². The molecule has 0 aromatic rings. The Hall–Kier alpha value is -0.550. The second-order valence-electron chi connectivity index (χ2n) is 2.88. The van der Waals surface area contributed by atoms with E-state index < -0.39 is 0 Å². The summed E-state index contributed by atoms with van der Waals surface area (Å²) in [5.74, 6) is 0. The van der Waals surface area contributed by atoms with Crippen molar-refractivity contribution in [2.24, 2.45) is 0 Å². The average molecular weight is 170 g/mol. The van der Waals surface area contributed by atoms with E-state index in [4.69, 9.17) is 0 Å². The van der Waals surface area contributed by atoms with Crippen LogP contribution in [-0.4, -0.2) is 6.67 Å². The van der Waals surface area contributed by atoms with Gasteiger partial charge in [0, 0.05) is 0 Å². The van der Waals surface area contributed by atoms with E-state index in [0.29, 0.717) is 0 Å². The zero-order valence-corrected chi connectivity index (χ0v) is 7.98. The lowest BCUT2D eigenvalue weighted by Crippen LogP contribution is -1.78. The van der Waals surface area contributed by atoms with Crippen molar-refractivity contribution in [3.8, 4) is 0 Å². The maximum atomic E-state index is 11.6. The largest absolute Gasteiger partial charge is 0.251 e. The molecule has 0 nitrogen and oxygen atoms in total. The summed E-state index contributed by atoms with van der Waals surface area (Å²) in [7, 11) is 0. The van der Waals surface area contributed by atoms with Gasteiger partial charge in [-0.05, 0) is 37.8 Å². The molecular formula is C11H19F. The highest BCUT2D eigenvalue weighted by molar-refractivity contribution is 4.83. The van der Waals surface area contributed by atoms with Crippen LogP contribution in [0.5, 0.6) is 0 Å². The van der Waals surface area contributed by atoms with E-state index in [9.17, 15) is 4.39 Å². The number of unbranched alkanes of at least 4 members (excludes halogenated alkanes) is 4. The Morgan fingerprint density at radius 2 is 1.83 bits per heavy atom. The first-order valence-electron chi connectivity index (χ1n) is 4.87. The third-order valence-electron chi connectivity index (χ3n) is 1.67. The highest BCUT2D eigenvalue weighted by atomic mass is 19.1. The summed E-state index contributed by atoms with van der Waals surface area (Å²) in [6.45, 7) is 1.94. The molecule has 12 heavy (non-hydrogen) atoms. The summed E-state index contributed by atoms with van der Waals surface area (Å²) in [4.78, 5) is 0. The molecule has 1 heteroatoms. The van der Waals surface area contributed by atoms with Crippen LogP contribution in [0.3, 0.4) is 0 Å². The Kier molecular flexibility index (Phi) is 9.97. The summed E-state index contributed by atoms with van der Waals surface area (Å²) in [5, 5.41) is 0. The van der Waals surface area contributed by atoms with Crippen LogP contribution in [0.15, 0.2) is 17.9 Å². The summed E-state index contributed by atoms with van der Waals surface area (Å²) < 4.78 is 11.6. The van der Waals surface area contributed by atoms with Crippen molar-refractivity contribution in [3.05, 3.63) is 17.9 Å². The van der Waals surface area contributed by atoms with Gasteiger partial charge in [0.1, 0.15) is 0 Å². The summed E-state index contributed by atoms with van der Waals surface area (Å²) in [6, 6.07) is 0. The first-order chi connectivity index (χ1) is 5.91. The summed E-state index contributed by atoms with van der Waals surface area (Å²) in [6.07, 6.45) is 10.3. The number of allylic oxidation sites excluding steroid dienone is 1. The standard InChI is InChI=1S/C11H19F/c1-2-3-4-5-6-7-8-9-10-11-12/h3,5H,2,6-11H2,1H3. The van der Waals surface area contributed by atoms with E-state index in [1.165, 1.54) is 6.42 Å². The monoisotopic (exact) mass is 170 g/mol. The minimum Gasteiger partial charge on any atom is -0.251 e. The van der Waals surface area contributed by atoms with Crippen LogP contribution < -0.4 is 0 Å². The quantitative estimate of drug-likeness (QED) is 0.400. The van der Waals surface area contributed by atoms with Gasteiger partial charge in [-0.15, -0.1) is 5.73 Å². The Morgan fingerprint density at radius 1 is 1.08 bits per heavy atom. The van der Waals surface area contributed by atoms with Crippen LogP contribution in [-0.2, 0) is 0 Å². The van der Waals surface area contributed by atoms with Crippen molar-refractivity contribution in [1.82, 2.24) is 0 Å². The van der Waals surface area contributed by atoms with E-state index in [0.717, 1.165) is 32.1 Å². The Labute approximate surface area is 75.2 Å². The van der Waals surface area contributed by atoms with Gasteiger partial charge in [-0.2, -0.15) is 0 Å². The van der Waals surface area contributed by atoms with Gasteiger partial charge >= 0.3 is 0 Å². The second-order valence-corrected chi connectivity index (χ2v) is 2.88. The highest BCUT2D eigenvalue weighted by Crippen LogP contribution is 2.03. The van der Waals surface area contributed by atoms with Gasteiger partial charge in [0.2, 0.25) is 0 Å². The fraction of sp³-hybridized carbons (Fsp3) is 0.727. The number of rotatable bonds is 7. The fourth-order valence-electron chi connectivity index (χ4n) is 0.979. The van der Waals surface area contributed by atoms with E-state index in [-0.39, 0.29) is 6.67 Å². The Bertz CT molecular complexity index is 132. The van der Waals surface area contributed by atoms with Crippen LogP contribution >= 0.6 is 0 Å². The lowest BCUT2D eigenvalue weighted by molar-refractivity contribution is 0.453. The lowest BCUT2D eigenvalue weighted by Gasteiger charge is -1.93. The van der Waals surface area contributed by atoms with Crippen molar-refractivity contribution in [2.75, 3.05) is 6.67 Å². The van der Waals surface area contributed by atoms with Crippen LogP contribution in [0.2, 0.25) is 0 Å². The molecule has 0 aromatic carbocycles. The predicted octanol–water partition coefficient (Wildman–Crippen LogP) is 4.03. The Morgan fingerprint density at radius 3 is 2.50 bits per heavy atom. The maximum absolute atomic E-state index is 11.6. The molecule has 0 rings (SSSR count). The highest BCUT2D eigenvalue weighted by Gasteiger charge is 1.86. The number of alkyl halides is 1. The van der Waals surface area contributed by atoms with Gasteiger partial charge in [0.05, 0.1) is 6.67 Å². The molecule has 0 bridgehead atoms. The molecule has 0 aliphatic heterocycles. The van der Waals surface area contributed by atoms with E-state index >= 15 is 0 Å². The molecule has 0 saturated carbocycles. The molecule has 0 aliphatic carbocycles. The molecule has 70 valence electrons. The van der Waals surface area contributed by atoms with Crippen molar-refractivity contribution in [1.29, 1.82) is 0 Å². The minimum atomic E-state index is -0.161. The molecule has 0 spiro atoms. The van der Waals surface area contributed by atoms with Crippen molar-refractivity contribution in [2.45, 2.75) is 45.4 Å². The third kappa shape index (κ3) is 9.45. The normalized spacial score (nSPS) is 9.17. The lowest BCUT2D eigenvalue weighted by atomic mass is 10.1. The molecule has 0 atom stereocenters. The first kappa shape index (κ1) is 11.4. The van der Waals surface area contributed by atoms with Crippen molar-refractivity contribution < 1.29 is 4.39 Å². The minimum absolute atomic E-state index is 0.161. The number of halogens is 1. The molecule has 0 radical (unpaired) electrons. The molecule has 0 heterocycles. The zero-order valence-electron chi connectivity index (χ0n) is 7.98. The molecular weight excluding hydrogens is 151 g/mol. The van der Waals surface area contributed by atoms with Crippen molar-refractivity contribution in [3.63, 3.8) is 0 Å². The van der Waals surface area contributed by atoms with Crippen LogP contribution in [0, 0.1) is 0 Å². The summed E-state index contributed by atoms with van der Waals surface area (Å²) in [5.41, 5.74) is 3.10. The molecule has 0 aromatic heterocycles. The molecule has 0 amide bonds. The third-order valence-corrected chi connectivity index (χ3v) is 1.67. The molecule has 0 aliphatic rings. The second kappa shape index (κ2) is 10.4. The Balaban J connectivity index is 3.05. The topological polar surface area (TPSA) is 0 Å². The first-order valence-corrected chi connectivity index (χ1v) is 4.87. The van der Waals surface area contributed by atoms with Crippen LogP contribution in [0.25, 0.3) is 0 Å². The van der Waals surface area contributed by atoms with E-state index in [1.807, 2.05) is 6.08 Å².